The first-order valence-electron chi connectivity index (χ1n) is 2.13. The van der Waals surface area contributed by atoms with E-state index in [1.807, 2.05) is 0 Å². The maximum absolute atomic E-state index is 5.55. The molecule has 1 rings (SSSR count). The van der Waals surface area contributed by atoms with Crippen LogP contribution in [0.2, 0.25) is 0 Å². The van der Waals surface area contributed by atoms with E-state index in [-0.39, 0.29) is 0 Å². The van der Waals surface area contributed by atoms with E-state index in [0.717, 1.165) is 0 Å². The van der Waals surface area contributed by atoms with Crippen molar-refractivity contribution >= 4 is 23.2 Å². The van der Waals surface area contributed by atoms with E-state index < -0.39 is 0 Å². The second-order valence-electron chi connectivity index (χ2n) is 1.37. The van der Waals surface area contributed by atoms with Crippen LogP contribution in [-0.2, 0) is 4.74 Å². The van der Waals surface area contributed by atoms with Crippen LogP contribution in [0.3, 0.4) is 0 Å². The predicted molar refractivity (Wildman–Crippen MR) is 33.8 cm³/mol. The first-order chi connectivity index (χ1) is 3.80. The average Bonchev–Trinajstić information content (AvgIpc) is 1.77. The highest BCUT2D eigenvalue weighted by atomic mass is 35.5. The molecule has 1 nitrogen and oxygen atoms in total. The van der Waals surface area contributed by atoms with Crippen LogP contribution in [0.5, 0.6) is 0 Å². The van der Waals surface area contributed by atoms with Crippen LogP contribution in [0.15, 0.2) is 22.4 Å². The Bertz CT molecular complexity index is 149. The minimum absolute atomic E-state index is 0.400. The lowest BCUT2D eigenvalue weighted by Crippen LogP contribution is -1.92. The van der Waals surface area contributed by atoms with Crippen molar-refractivity contribution in [2.45, 2.75) is 0 Å². The molecule has 0 radical (unpaired) electrons. The Morgan fingerprint density at radius 1 is 1.50 bits per heavy atom. The number of rotatable bonds is 0. The first kappa shape index (κ1) is 5.99. The molecule has 0 amide bonds. The molecule has 0 aromatic carbocycles. The number of ether oxygens (including phenoxy) is 1. The van der Waals surface area contributed by atoms with Gasteiger partial charge in [0.05, 0.1) is 16.3 Å². The van der Waals surface area contributed by atoms with Gasteiger partial charge in [-0.25, -0.2) is 0 Å². The number of hydrogen-bond donors (Lipinski definition) is 0. The van der Waals surface area contributed by atoms with E-state index in [1.165, 1.54) is 6.26 Å². The molecule has 0 N–H and O–H groups in total. The van der Waals surface area contributed by atoms with Gasteiger partial charge in [0, 0.05) is 0 Å². The van der Waals surface area contributed by atoms with Crippen LogP contribution in [0, 0.1) is 0 Å². The molecule has 0 aromatic rings. The summed E-state index contributed by atoms with van der Waals surface area (Å²) >= 11 is 11.1. The lowest BCUT2D eigenvalue weighted by atomic mass is 10.4. The molecule has 1 heterocycles. The highest BCUT2D eigenvalue weighted by Gasteiger charge is 2.01. The Morgan fingerprint density at radius 3 is 2.62 bits per heavy atom. The molecular weight excluding hydrogens is 147 g/mol. The molecule has 0 spiro atoms. The summed E-state index contributed by atoms with van der Waals surface area (Å²) in [6, 6.07) is 0. The maximum atomic E-state index is 5.55. The molecule has 1 aliphatic rings. The van der Waals surface area contributed by atoms with E-state index in [2.05, 4.69) is 0 Å². The van der Waals surface area contributed by atoms with Gasteiger partial charge in [-0.05, 0) is 6.08 Å². The van der Waals surface area contributed by atoms with Crippen molar-refractivity contribution in [1.29, 1.82) is 0 Å². The Labute approximate surface area is 57.5 Å². The third kappa shape index (κ3) is 1.17. The zero-order valence-corrected chi connectivity index (χ0v) is 5.54. The van der Waals surface area contributed by atoms with Gasteiger partial charge in [0.2, 0.25) is 0 Å². The van der Waals surface area contributed by atoms with Crippen LogP contribution in [0.4, 0.5) is 0 Å². The molecular formula is C5H4Cl2O. The quantitative estimate of drug-likeness (QED) is 0.515. The maximum Gasteiger partial charge on any atom is 0.124 e. The van der Waals surface area contributed by atoms with Crippen molar-refractivity contribution in [1.82, 2.24) is 0 Å². The van der Waals surface area contributed by atoms with Crippen molar-refractivity contribution in [3.05, 3.63) is 22.4 Å². The summed E-state index contributed by atoms with van der Waals surface area (Å²) in [5.74, 6) is 0. The van der Waals surface area contributed by atoms with Gasteiger partial charge < -0.3 is 4.74 Å². The summed E-state index contributed by atoms with van der Waals surface area (Å²) in [5.41, 5.74) is 0. The summed E-state index contributed by atoms with van der Waals surface area (Å²) in [6.45, 7) is 0.400. The third-order valence-electron chi connectivity index (χ3n) is 0.780. The summed E-state index contributed by atoms with van der Waals surface area (Å²) in [7, 11) is 0. The molecule has 0 saturated carbocycles. The summed E-state index contributed by atoms with van der Waals surface area (Å²) in [5, 5.41) is 1.13. The van der Waals surface area contributed by atoms with E-state index in [0.29, 0.717) is 16.7 Å². The SMILES string of the molecule is ClC1=C(Cl)COC=C1. The average molecular weight is 151 g/mol. The standard InChI is InChI=1S/C5H4Cl2O/c6-4-1-2-8-3-5(4)7/h1-2H,3H2. The number of halogens is 2. The lowest BCUT2D eigenvalue weighted by molar-refractivity contribution is 0.282. The topological polar surface area (TPSA) is 9.23 Å². The zero-order valence-electron chi connectivity index (χ0n) is 4.03. The van der Waals surface area contributed by atoms with E-state index in [4.69, 9.17) is 27.9 Å². The monoisotopic (exact) mass is 150 g/mol. The van der Waals surface area contributed by atoms with E-state index in [9.17, 15) is 0 Å². The van der Waals surface area contributed by atoms with E-state index in [1.54, 1.807) is 6.08 Å². The normalized spacial score (nSPS) is 18.8. The van der Waals surface area contributed by atoms with Gasteiger partial charge in [-0.3, -0.25) is 0 Å². The molecule has 44 valence electrons. The Balaban J connectivity index is 2.76. The van der Waals surface area contributed by atoms with Gasteiger partial charge in [0.25, 0.3) is 0 Å². The molecule has 1 aliphatic heterocycles. The molecule has 0 unspecified atom stereocenters. The fraction of sp³-hybridized carbons (Fsp3) is 0.200. The van der Waals surface area contributed by atoms with Crippen LogP contribution in [0.25, 0.3) is 0 Å². The van der Waals surface area contributed by atoms with Crippen LogP contribution >= 0.6 is 23.2 Å². The minimum atomic E-state index is 0.400. The molecule has 0 aliphatic carbocycles. The summed E-state index contributed by atoms with van der Waals surface area (Å²) in [4.78, 5) is 0. The van der Waals surface area contributed by atoms with Crippen molar-refractivity contribution in [2.75, 3.05) is 6.61 Å². The van der Waals surface area contributed by atoms with Gasteiger partial charge in [-0.15, -0.1) is 0 Å². The van der Waals surface area contributed by atoms with Gasteiger partial charge >= 0.3 is 0 Å². The van der Waals surface area contributed by atoms with Crippen molar-refractivity contribution in [3.8, 4) is 0 Å². The molecule has 0 bridgehead atoms. The lowest BCUT2D eigenvalue weighted by Gasteiger charge is -2.04. The van der Waals surface area contributed by atoms with Crippen molar-refractivity contribution in [3.63, 3.8) is 0 Å². The van der Waals surface area contributed by atoms with Crippen LogP contribution in [0.1, 0.15) is 0 Å². The highest BCUT2D eigenvalue weighted by molar-refractivity contribution is 6.40. The van der Waals surface area contributed by atoms with Crippen molar-refractivity contribution < 1.29 is 4.74 Å². The largest absolute Gasteiger partial charge is 0.495 e. The van der Waals surface area contributed by atoms with Crippen molar-refractivity contribution in [2.24, 2.45) is 0 Å². The Kier molecular flexibility index (Phi) is 1.81. The van der Waals surface area contributed by atoms with Gasteiger partial charge in [0.1, 0.15) is 6.61 Å². The highest BCUT2D eigenvalue weighted by Crippen LogP contribution is 2.18. The number of allylic oxidation sites excluding steroid dienone is 2. The minimum Gasteiger partial charge on any atom is -0.495 e. The Morgan fingerprint density at radius 2 is 2.25 bits per heavy atom. The summed E-state index contributed by atoms with van der Waals surface area (Å²) in [6.07, 6.45) is 3.14. The smallest absolute Gasteiger partial charge is 0.124 e. The predicted octanol–water partition coefficient (Wildman–Crippen LogP) is 2.22. The second kappa shape index (κ2) is 2.42. The van der Waals surface area contributed by atoms with Crippen LogP contribution in [-0.4, -0.2) is 6.61 Å². The third-order valence-corrected chi connectivity index (χ3v) is 1.54. The van der Waals surface area contributed by atoms with Gasteiger partial charge in [0.15, 0.2) is 0 Å². The Hall–Kier alpha value is -0.140. The van der Waals surface area contributed by atoms with Crippen LogP contribution < -0.4 is 0 Å². The molecule has 0 aromatic heterocycles. The fourth-order valence-electron chi connectivity index (χ4n) is 0.388. The van der Waals surface area contributed by atoms with Gasteiger partial charge in [-0.1, -0.05) is 23.2 Å². The molecule has 0 atom stereocenters. The summed E-state index contributed by atoms with van der Waals surface area (Å²) < 4.78 is 4.80. The van der Waals surface area contributed by atoms with E-state index >= 15 is 0 Å². The molecule has 8 heavy (non-hydrogen) atoms. The van der Waals surface area contributed by atoms with Gasteiger partial charge in [-0.2, -0.15) is 0 Å². The second-order valence-corrected chi connectivity index (χ2v) is 2.23. The molecule has 0 saturated heterocycles. The molecule has 0 fully saturated rings. The molecule has 3 heteroatoms. The number of hydrogen-bond acceptors (Lipinski definition) is 1. The fourth-order valence-corrected chi connectivity index (χ4v) is 0.620. The first-order valence-corrected chi connectivity index (χ1v) is 2.88. The zero-order chi connectivity index (χ0) is 5.98.